The minimum Gasteiger partial charge on any atom is -0.493 e. The van der Waals surface area contributed by atoms with Crippen molar-refractivity contribution in [2.24, 2.45) is 10.4 Å². The van der Waals surface area contributed by atoms with Gasteiger partial charge in [0.05, 0.1) is 12.3 Å². The van der Waals surface area contributed by atoms with Crippen molar-refractivity contribution in [3.63, 3.8) is 0 Å². The van der Waals surface area contributed by atoms with Crippen molar-refractivity contribution >= 4 is 12.0 Å². The molecular formula is C19H30N2O2. The maximum Gasteiger partial charge on any atom is 0.165 e. The van der Waals surface area contributed by atoms with Crippen LogP contribution in [0, 0.1) is 12.3 Å². The number of rotatable bonds is 10. The first kappa shape index (κ1) is 19.4. The standard InChI is InChI=1S/C19H30N2O2/c1-16-9-6-7-10-18(16)23-15-19(2,3)11-8-12-21(5)13-17(14-22)20-4/h6-7,9-10,14H,8,11-13,15H2,1-5H3. The quantitative estimate of drug-likeness (QED) is 0.490. The summed E-state index contributed by atoms with van der Waals surface area (Å²) >= 11 is 0. The summed E-state index contributed by atoms with van der Waals surface area (Å²) < 4.78 is 5.98. The predicted molar refractivity (Wildman–Crippen MR) is 96.6 cm³/mol. The molecule has 0 heterocycles. The molecule has 0 saturated carbocycles. The topological polar surface area (TPSA) is 41.9 Å². The number of ether oxygens (including phenoxy) is 1. The fourth-order valence-corrected chi connectivity index (χ4v) is 2.41. The number of carbonyl (C=O) groups excluding carboxylic acids is 1. The second-order valence-electron chi connectivity index (χ2n) is 6.89. The minimum absolute atomic E-state index is 0.120. The van der Waals surface area contributed by atoms with Crippen LogP contribution in [-0.2, 0) is 4.79 Å². The van der Waals surface area contributed by atoms with Gasteiger partial charge in [-0.15, -0.1) is 0 Å². The van der Waals surface area contributed by atoms with E-state index < -0.39 is 0 Å². The Morgan fingerprint density at radius 3 is 2.65 bits per heavy atom. The monoisotopic (exact) mass is 318 g/mol. The zero-order valence-corrected chi connectivity index (χ0v) is 15.1. The third-order valence-corrected chi connectivity index (χ3v) is 3.96. The number of hydrogen-bond donors (Lipinski definition) is 0. The van der Waals surface area contributed by atoms with E-state index in [1.807, 2.05) is 25.2 Å². The van der Waals surface area contributed by atoms with Crippen molar-refractivity contribution in [2.45, 2.75) is 33.6 Å². The molecule has 0 amide bonds. The van der Waals surface area contributed by atoms with E-state index in [1.54, 1.807) is 7.05 Å². The minimum atomic E-state index is 0.120. The number of aldehydes is 1. The van der Waals surface area contributed by atoms with Gasteiger partial charge in [0.2, 0.25) is 0 Å². The normalized spacial score (nSPS) is 12.5. The van der Waals surface area contributed by atoms with E-state index in [4.69, 9.17) is 4.74 Å². The maximum atomic E-state index is 10.8. The summed E-state index contributed by atoms with van der Waals surface area (Å²) in [7, 11) is 3.68. The first-order chi connectivity index (χ1) is 10.9. The van der Waals surface area contributed by atoms with Gasteiger partial charge in [-0.2, -0.15) is 0 Å². The van der Waals surface area contributed by atoms with Crippen LogP contribution in [-0.4, -0.2) is 50.7 Å². The SMILES string of the molecule is CN=C(C=O)CN(C)CCCC(C)(C)COc1ccccc1C. The number of nitrogens with zero attached hydrogens (tertiary/aromatic N) is 2. The molecule has 0 bridgehead atoms. The van der Waals surface area contributed by atoms with E-state index in [9.17, 15) is 4.79 Å². The van der Waals surface area contributed by atoms with Gasteiger partial charge in [0.15, 0.2) is 6.29 Å². The van der Waals surface area contributed by atoms with Crippen LogP contribution in [0.2, 0.25) is 0 Å². The average molecular weight is 318 g/mol. The Bertz CT molecular complexity index is 524. The molecule has 0 unspecified atom stereocenters. The Hall–Kier alpha value is -1.68. The van der Waals surface area contributed by atoms with Crippen molar-refractivity contribution in [1.29, 1.82) is 0 Å². The maximum absolute atomic E-state index is 10.8. The fraction of sp³-hybridized carbons (Fsp3) is 0.579. The van der Waals surface area contributed by atoms with Crippen molar-refractivity contribution in [1.82, 2.24) is 4.90 Å². The molecule has 0 aromatic heterocycles. The number of carbonyl (C=O) groups is 1. The predicted octanol–water partition coefficient (Wildman–Crippen LogP) is 3.38. The van der Waals surface area contributed by atoms with Crippen LogP contribution in [0.5, 0.6) is 5.75 Å². The van der Waals surface area contributed by atoms with Crippen LogP contribution >= 0.6 is 0 Å². The highest BCUT2D eigenvalue weighted by Gasteiger charge is 2.19. The number of aryl methyl sites for hydroxylation is 1. The number of aliphatic imine (C=N–C) groups is 1. The summed E-state index contributed by atoms with van der Waals surface area (Å²) in [5, 5.41) is 0. The van der Waals surface area contributed by atoms with Crippen molar-refractivity contribution in [3.8, 4) is 5.75 Å². The Balaban J connectivity index is 2.35. The first-order valence-corrected chi connectivity index (χ1v) is 8.16. The second kappa shape index (κ2) is 9.46. The van der Waals surface area contributed by atoms with Crippen molar-refractivity contribution in [2.75, 3.05) is 33.8 Å². The molecule has 0 aliphatic rings. The van der Waals surface area contributed by atoms with Gasteiger partial charge in [-0.1, -0.05) is 32.0 Å². The van der Waals surface area contributed by atoms with Crippen LogP contribution in [0.1, 0.15) is 32.3 Å². The van der Waals surface area contributed by atoms with E-state index in [1.165, 1.54) is 5.56 Å². The van der Waals surface area contributed by atoms with E-state index in [0.29, 0.717) is 18.9 Å². The van der Waals surface area contributed by atoms with Gasteiger partial charge >= 0.3 is 0 Å². The molecular weight excluding hydrogens is 288 g/mol. The molecule has 0 N–H and O–H groups in total. The summed E-state index contributed by atoms with van der Waals surface area (Å²) in [6.45, 7) is 8.79. The van der Waals surface area contributed by atoms with Gasteiger partial charge in [-0.05, 0) is 50.4 Å². The summed E-state index contributed by atoms with van der Waals surface area (Å²) in [4.78, 5) is 16.9. The van der Waals surface area contributed by atoms with Gasteiger partial charge < -0.3 is 9.64 Å². The smallest absolute Gasteiger partial charge is 0.165 e. The van der Waals surface area contributed by atoms with Crippen molar-refractivity contribution in [3.05, 3.63) is 29.8 Å². The van der Waals surface area contributed by atoms with Crippen LogP contribution in [0.3, 0.4) is 0 Å². The summed E-state index contributed by atoms with van der Waals surface area (Å²) in [6.07, 6.45) is 2.97. The summed E-state index contributed by atoms with van der Waals surface area (Å²) in [5.41, 5.74) is 1.88. The Morgan fingerprint density at radius 2 is 2.04 bits per heavy atom. The molecule has 4 nitrogen and oxygen atoms in total. The molecule has 0 aliphatic carbocycles. The molecule has 23 heavy (non-hydrogen) atoms. The highest BCUT2D eigenvalue weighted by Crippen LogP contribution is 2.25. The van der Waals surface area contributed by atoms with E-state index in [2.05, 4.69) is 36.7 Å². The fourth-order valence-electron chi connectivity index (χ4n) is 2.41. The molecule has 0 saturated heterocycles. The second-order valence-corrected chi connectivity index (χ2v) is 6.89. The van der Waals surface area contributed by atoms with Gasteiger partial charge in [0.25, 0.3) is 0 Å². The largest absolute Gasteiger partial charge is 0.493 e. The Labute approximate surface area is 140 Å². The molecule has 0 spiro atoms. The molecule has 4 heteroatoms. The molecule has 1 aromatic carbocycles. The molecule has 0 radical (unpaired) electrons. The molecule has 1 rings (SSSR count). The van der Waals surface area contributed by atoms with Crippen molar-refractivity contribution < 1.29 is 9.53 Å². The van der Waals surface area contributed by atoms with E-state index >= 15 is 0 Å². The third-order valence-electron chi connectivity index (χ3n) is 3.96. The molecule has 0 atom stereocenters. The molecule has 0 aliphatic heterocycles. The van der Waals surface area contributed by atoms with Gasteiger partial charge in [-0.25, -0.2) is 0 Å². The van der Waals surface area contributed by atoms with Crippen LogP contribution < -0.4 is 4.74 Å². The highest BCUT2D eigenvalue weighted by atomic mass is 16.5. The zero-order chi connectivity index (χ0) is 17.3. The van der Waals surface area contributed by atoms with Gasteiger partial charge in [0, 0.05) is 13.6 Å². The number of hydrogen-bond acceptors (Lipinski definition) is 4. The lowest BCUT2D eigenvalue weighted by atomic mass is 9.89. The Kier molecular flexibility index (Phi) is 7.96. The zero-order valence-electron chi connectivity index (χ0n) is 15.1. The number of para-hydroxylation sites is 1. The first-order valence-electron chi connectivity index (χ1n) is 8.16. The lowest BCUT2D eigenvalue weighted by Crippen LogP contribution is -2.29. The molecule has 128 valence electrons. The van der Waals surface area contributed by atoms with Crippen LogP contribution in [0.15, 0.2) is 29.3 Å². The Morgan fingerprint density at radius 1 is 1.35 bits per heavy atom. The van der Waals surface area contributed by atoms with E-state index in [-0.39, 0.29) is 5.41 Å². The summed E-state index contributed by atoms with van der Waals surface area (Å²) in [6, 6.07) is 8.11. The van der Waals surface area contributed by atoms with Crippen LogP contribution in [0.4, 0.5) is 0 Å². The van der Waals surface area contributed by atoms with Crippen LogP contribution in [0.25, 0.3) is 0 Å². The number of benzene rings is 1. The van der Waals surface area contributed by atoms with E-state index in [0.717, 1.165) is 31.4 Å². The molecule has 0 fully saturated rings. The van der Waals surface area contributed by atoms with Gasteiger partial charge in [0.1, 0.15) is 5.75 Å². The average Bonchev–Trinajstić information content (AvgIpc) is 2.51. The lowest BCUT2D eigenvalue weighted by molar-refractivity contribution is -0.102. The van der Waals surface area contributed by atoms with Gasteiger partial charge in [-0.3, -0.25) is 9.79 Å². The summed E-state index contributed by atoms with van der Waals surface area (Å²) in [5.74, 6) is 0.965. The lowest BCUT2D eigenvalue weighted by Gasteiger charge is -2.26. The third kappa shape index (κ3) is 7.42. The highest BCUT2D eigenvalue weighted by molar-refractivity contribution is 6.29. The molecule has 1 aromatic rings.